The van der Waals surface area contributed by atoms with E-state index in [1.807, 2.05) is 0 Å². The van der Waals surface area contributed by atoms with Crippen LogP contribution in [0.3, 0.4) is 0 Å². The number of anilines is 1. The highest BCUT2D eigenvalue weighted by Crippen LogP contribution is 2.19. The fraction of sp³-hybridized carbons (Fsp3) is 0.222. The Morgan fingerprint density at radius 3 is 2.77 bits per heavy atom. The first-order chi connectivity index (χ1) is 6.07. The van der Waals surface area contributed by atoms with E-state index >= 15 is 0 Å². The highest BCUT2D eigenvalue weighted by atomic mass is 19.1. The molecule has 0 bridgehead atoms. The molecule has 0 unspecified atom stereocenters. The molecule has 0 atom stereocenters. The molecular weight excluding hydrogens is 173 g/mol. The summed E-state index contributed by atoms with van der Waals surface area (Å²) in [6.45, 7) is 0.836. The molecule has 70 valence electrons. The van der Waals surface area contributed by atoms with Crippen LogP contribution in [0.4, 0.5) is 10.1 Å². The Balaban J connectivity index is 3.33. The largest absolute Gasteiger partial charge is 0.398 e. The smallest absolute Gasteiger partial charge is 0.191 e. The second-order valence-corrected chi connectivity index (χ2v) is 2.72. The Kier molecular flexibility index (Phi) is 2.63. The lowest BCUT2D eigenvalue weighted by Crippen LogP contribution is -2.10. The van der Waals surface area contributed by atoms with Crippen molar-refractivity contribution in [3.63, 3.8) is 0 Å². The number of hydrogen-bond acceptors (Lipinski definition) is 3. The second-order valence-electron chi connectivity index (χ2n) is 2.72. The van der Waals surface area contributed by atoms with Crippen molar-refractivity contribution in [2.24, 2.45) is 0 Å². The van der Waals surface area contributed by atoms with Crippen molar-refractivity contribution in [2.45, 2.75) is 6.92 Å². The predicted molar refractivity (Wildman–Crippen MR) is 47.0 cm³/mol. The van der Waals surface area contributed by atoms with Crippen LogP contribution in [-0.2, 0) is 0 Å². The van der Waals surface area contributed by atoms with E-state index in [-0.39, 0.29) is 5.56 Å². The van der Waals surface area contributed by atoms with Gasteiger partial charge >= 0.3 is 0 Å². The minimum atomic E-state index is -0.707. The molecule has 0 aromatic heterocycles. The van der Waals surface area contributed by atoms with E-state index in [9.17, 15) is 9.18 Å². The van der Waals surface area contributed by atoms with Crippen molar-refractivity contribution in [2.75, 3.05) is 12.3 Å². The number of rotatable bonds is 2. The van der Waals surface area contributed by atoms with Crippen LogP contribution in [0, 0.1) is 12.7 Å². The molecule has 0 saturated carbocycles. The zero-order valence-corrected chi connectivity index (χ0v) is 7.17. The number of ketones is 1. The molecule has 1 aromatic rings. The first kappa shape index (κ1) is 9.67. The Labute approximate surface area is 75.0 Å². The van der Waals surface area contributed by atoms with E-state index in [1.165, 1.54) is 6.07 Å². The van der Waals surface area contributed by atoms with Crippen LogP contribution in [0.2, 0.25) is 0 Å². The van der Waals surface area contributed by atoms with Gasteiger partial charge in [-0.25, -0.2) is 4.39 Å². The van der Waals surface area contributed by atoms with Crippen LogP contribution in [0.1, 0.15) is 15.9 Å². The number of halogens is 1. The fourth-order valence-corrected chi connectivity index (χ4v) is 1.12. The normalized spacial score (nSPS) is 10.1. The molecule has 3 nitrogen and oxygen atoms in total. The summed E-state index contributed by atoms with van der Waals surface area (Å²) in [5.41, 5.74) is 6.08. The summed E-state index contributed by atoms with van der Waals surface area (Å²) < 4.78 is 13.1. The van der Waals surface area contributed by atoms with E-state index in [4.69, 9.17) is 10.8 Å². The molecule has 1 aromatic carbocycles. The van der Waals surface area contributed by atoms with Gasteiger partial charge in [0.15, 0.2) is 5.78 Å². The number of nitrogens with two attached hydrogens (primary N) is 1. The van der Waals surface area contributed by atoms with Gasteiger partial charge in [0.25, 0.3) is 0 Å². The number of carbonyl (C=O) groups is 1. The number of aliphatic hydroxyl groups is 1. The number of aliphatic hydroxyl groups excluding tert-OH is 1. The van der Waals surface area contributed by atoms with E-state index in [1.54, 1.807) is 6.92 Å². The van der Waals surface area contributed by atoms with Crippen LogP contribution in [0.15, 0.2) is 12.1 Å². The highest BCUT2D eigenvalue weighted by Gasteiger charge is 2.14. The van der Waals surface area contributed by atoms with E-state index in [0.717, 1.165) is 6.07 Å². The Morgan fingerprint density at radius 1 is 1.62 bits per heavy atom. The molecule has 3 N–H and O–H groups in total. The van der Waals surface area contributed by atoms with Crippen molar-refractivity contribution in [3.05, 3.63) is 29.1 Å². The van der Waals surface area contributed by atoms with Gasteiger partial charge in [-0.05, 0) is 24.6 Å². The van der Waals surface area contributed by atoms with Crippen molar-refractivity contribution < 1.29 is 14.3 Å². The molecule has 0 aliphatic rings. The summed E-state index contributed by atoms with van der Waals surface area (Å²) in [4.78, 5) is 11.1. The predicted octanol–water partition coefficient (Wildman–Crippen LogP) is 0.891. The standard InChI is InChI=1S/C9H10FNO2/c1-5-7(11)3-2-6(10)9(5)8(13)4-12/h2-3,12H,4,11H2,1H3. The average molecular weight is 183 g/mol. The van der Waals surface area contributed by atoms with Crippen LogP contribution < -0.4 is 5.73 Å². The van der Waals surface area contributed by atoms with Crippen LogP contribution in [0.5, 0.6) is 0 Å². The lowest BCUT2D eigenvalue weighted by molar-refractivity contribution is 0.0899. The van der Waals surface area contributed by atoms with Gasteiger partial charge in [-0.1, -0.05) is 0 Å². The maximum absolute atomic E-state index is 13.1. The minimum Gasteiger partial charge on any atom is -0.398 e. The Hall–Kier alpha value is -1.42. The molecular formula is C9H10FNO2. The first-order valence-corrected chi connectivity index (χ1v) is 3.76. The van der Waals surface area contributed by atoms with Gasteiger partial charge in [0.2, 0.25) is 0 Å². The van der Waals surface area contributed by atoms with Gasteiger partial charge in [0.05, 0.1) is 5.56 Å². The molecule has 0 saturated heterocycles. The Bertz CT molecular complexity index is 350. The molecule has 0 radical (unpaired) electrons. The van der Waals surface area contributed by atoms with Crippen LogP contribution >= 0.6 is 0 Å². The molecule has 1 rings (SSSR count). The van der Waals surface area contributed by atoms with Gasteiger partial charge in [-0.15, -0.1) is 0 Å². The molecule has 13 heavy (non-hydrogen) atoms. The summed E-state index contributed by atoms with van der Waals surface area (Å²) in [6, 6.07) is 2.50. The highest BCUT2D eigenvalue weighted by molar-refractivity contribution is 5.99. The molecule has 0 aliphatic heterocycles. The monoisotopic (exact) mass is 183 g/mol. The molecule has 0 heterocycles. The third-order valence-electron chi connectivity index (χ3n) is 1.88. The van der Waals surface area contributed by atoms with Gasteiger partial charge in [-0.3, -0.25) is 4.79 Å². The van der Waals surface area contributed by atoms with Gasteiger partial charge in [-0.2, -0.15) is 0 Å². The number of benzene rings is 1. The van der Waals surface area contributed by atoms with Gasteiger partial charge < -0.3 is 10.8 Å². The fourth-order valence-electron chi connectivity index (χ4n) is 1.12. The summed E-state index contributed by atoms with van der Waals surface area (Å²) in [5.74, 6) is -1.30. The van der Waals surface area contributed by atoms with Gasteiger partial charge in [0.1, 0.15) is 12.4 Å². The summed E-state index contributed by atoms with van der Waals surface area (Å²) in [6.07, 6.45) is 0. The van der Waals surface area contributed by atoms with E-state index < -0.39 is 18.2 Å². The van der Waals surface area contributed by atoms with Crippen molar-refractivity contribution in [3.8, 4) is 0 Å². The quantitative estimate of drug-likeness (QED) is 0.528. The number of carbonyl (C=O) groups excluding carboxylic acids is 1. The summed E-state index contributed by atoms with van der Waals surface area (Å²) in [7, 11) is 0. The Morgan fingerprint density at radius 2 is 2.23 bits per heavy atom. The number of hydrogen-bond donors (Lipinski definition) is 2. The summed E-state index contributed by atoms with van der Waals surface area (Å²) in [5, 5.41) is 8.57. The number of nitrogen functional groups attached to an aromatic ring is 1. The third kappa shape index (κ3) is 1.67. The van der Waals surface area contributed by atoms with E-state index in [2.05, 4.69) is 0 Å². The lowest BCUT2D eigenvalue weighted by Gasteiger charge is -2.06. The van der Waals surface area contributed by atoms with Crippen molar-refractivity contribution in [1.82, 2.24) is 0 Å². The van der Waals surface area contributed by atoms with Gasteiger partial charge in [0, 0.05) is 5.69 Å². The molecule has 4 heteroatoms. The average Bonchev–Trinajstić information content (AvgIpc) is 2.12. The molecule has 0 spiro atoms. The minimum absolute atomic E-state index is 0.123. The zero-order valence-electron chi connectivity index (χ0n) is 7.17. The summed E-state index contributed by atoms with van der Waals surface area (Å²) >= 11 is 0. The van der Waals surface area contributed by atoms with Crippen LogP contribution in [0.25, 0.3) is 0 Å². The number of Topliss-reactive ketones (excluding diaryl/α,β-unsaturated/α-hetero) is 1. The molecule has 0 aliphatic carbocycles. The van der Waals surface area contributed by atoms with Crippen molar-refractivity contribution >= 4 is 11.5 Å². The second kappa shape index (κ2) is 3.53. The van der Waals surface area contributed by atoms with Crippen molar-refractivity contribution in [1.29, 1.82) is 0 Å². The van der Waals surface area contributed by atoms with Crippen LogP contribution in [-0.4, -0.2) is 17.5 Å². The topological polar surface area (TPSA) is 63.3 Å². The maximum atomic E-state index is 13.1. The third-order valence-corrected chi connectivity index (χ3v) is 1.88. The molecule has 0 amide bonds. The SMILES string of the molecule is Cc1c(N)ccc(F)c1C(=O)CO. The molecule has 0 fully saturated rings. The maximum Gasteiger partial charge on any atom is 0.191 e. The van der Waals surface area contributed by atoms with E-state index in [0.29, 0.717) is 11.3 Å². The first-order valence-electron chi connectivity index (χ1n) is 3.76. The lowest BCUT2D eigenvalue weighted by atomic mass is 10.0. The zero-order chi connectivity index (χ0) is 10.0.